The predicted octanol–water partition coefficient (Wildman–Crippen LogP) is -2.34. The van der Waals surface area contributed by atoms with E-state index in [1.54, 1.807) is 0 Å². The van der Waals surface area contributed by atoms with Gasteiger partial charge in [0.25, 0.3) is 11.8 Å². The van der Waals surface area contributed by atoms with E-state index in [0.29, 0.717) is 37.2 Å². The number of carbonyl (C=O) groups excluding carboxylic acids is 2. The highest BCUT2D eigenvalue weighted by Crippen LogP contribution is 2.56. The summed E-state index contributed by atoms with van der Waals surface area (Å²) in [6.45, 7) is 0.297. The molecule has 5 aliphatic rings. The van der Waals surface area contributed by atoms with Gasteiger partial charge in [-0.15, -0.1) is 4.52 Å². The van der Waals surface area contributed by atoms with Crippen molar-refractivity contribution in [3.63, 3.8) is 0 Å². The molecule has 0 bridgehead atoms. The first kappa shape index (κ1) is 32.2. The number of amides is 2. The Kier molecular flexibility index (Phi) is 10.1. The largest absolute Gasteiger partial charge is 0.582 e. The fourth-order valence-corrected chi connectivity index (χ4v) is 6.15. The molecule has 2 saturated heterocycles. The number of ether oxygens (including phenoxy) is 2. The second kappa shape index (κ2) is 13.5. The Balaban J connectivity index is 1.29. The van der Waals surface area contributed by atoms with Crippen LogP contribution in [0.2, 0.25) is 0 Å². The van der Waals surface area contributed by atoms with Gasteiger partial charge in [0.15, 0.2) is 12.6 Å². The second-order valence-electron chi connectivity index (χ2n) is 10.0. The van der Waals surface area contributed by atoms with E-state index in [4.69, 9.17) is 30.0 Å². The Labute approximate surface area is 257 Å². The standard InChI is InChI=1S/C20H32N10O9P2S2/c21-13-15(25-19(22)27-17(13)31)29(11-3-1-9(38-11)5-36-40(33)42)8-24-20-26-16-14(18(32)28-20)23-7-30(16)12-4-2-10(39-12)6-37-41(34,35)43/h8-12,19-20,23,34-35,43H,1-7,21-22H2,(H3-2,25,26,27,28,31,32,33,42)/p+2/t9-,10-,11+,12+,19?,20?/m0/s1. The first-order valence-corrected chi connectivity index (χ1v) is 18.3. The summed E-state index contributed by atoms with van der Waals surface area (Å²) < 4.78 is 33.4. The summed E-state index contributed by atoms with van der Waals surface area (Å²) in [5.74, 6) is -0.366. The van der Waals surface area contributed by atoms with Crippen molar-refractivity contribution in [2.45, 2.75) is 62.9 Å². The Hall–Kier alpha value is -2.16. The van der Waals surface area contributed by atoms with Crippen LogP contribution in [0.15, 0.2) is 28.0 Å². The van der Waals surface area contributed by atoms with Crippen LogP contribution in [0.4, 0.5) is 0 Å². The van der Waals surface area contributed by atoms with Crippen LogP contribution in [0.25, 0.3) is 0 Å². The highest BCUT2D eigenvalue weighted by atomic mass is 32.7. The van der Waals surface area contributed by atoms with Gasteiger partial charge in [-0.1, -0.05) is 0 Å². The number of nitrogens with zero attached hydrogens (tertiary/aromatic N) is 3. The lowest BCUT2D eigenvalue weighted by Crippen LogP contribution is -2.60. The van der Waals surface area contributed by atoms with Crippen LogP contribution in [0.3, 0.4) is 0 Å². The molecule has 238 valence electrons. The van der Waals surface area contributed by atoms with Crippen molar-refractivity contribution in [3.8, 4) is 0 Å². The van der Waals surface area contributed by atoms with Crippen molar-refractivity contribution in [1.29, 1.82) is 0 Å². The van der Waals surface area contributed by atoms with Crippen LogP contribution >= 0.6 is 38.9 Å². The minimum absolute atomic E-state index is 0.0391. The summed E-state index contributed by atoms with van der Waals surface area (Å²) in [6, 6.07) is 0. The van der Waals surface area contributed by atoms with Crippen molar-refractivity contribution in [3.05, 3.63) is 23.0 Å². The summed E-state index contributed by atoms with van der Waals surface area (Å²) in [4.78, 5) is 52.0. The molecule has 0 saturated carbocycles. The van der Waals surface area contributed by atoms with Crippen LogP contribution in [0.5, 0.6) is 0 Å². The molecule has 23 heteroatoms. The molecule has 11 N–H and O–H groups in total. The summed E-state index contributed by atoms with van der Waals surface area (Å²) in [6.07, 6.45) is -0.147. The second-order valence-corrected chi connectivity index (χ2v) is 14.6. The van der Waals surface area contributed by atoms with E-state index in [9.17, 15) is 23.9 Å². The van der Waals surface area contributed by atoms with Crippen molar-refractivity contribution in [2.24, 2.45) is 16.5 Å². The minimum Gasteiger partial charge on any atom is -0.391 e. The third-order valence-corrected chi connectivity index (χ3v) is 8.59. The monoisotopic (exact) mass is 684 g/mol. The van der Waals surface area contributed by atoms with Gasteiger partial charge in [0.1, 0.15) is 61.0 Å². The zero-order valence-electron chi connectivity index (χ0n) is 22.5. The Bertz CT molecular complexity index is 1220. The maximum Gasteiger partial charge on any atom is 0.582 e. The van der Waals surface area contributed by atoms with E-state index in [0.717, 1.165) is 0 Å². The fourth-order valence-electron chi connectivity index (χ4n) is 5.09. The molecule has 0 spiro atoms. The van der Waals surface area contributed by atoms with Crippen LogP contribution in [-0.2, 0) is 32.7 Å². The predicted molar refractivity (Wildman–Crippen MR) is 157 cm³/mol. The van der Waals surface area contributed by atoms with E-state index in [2.05, 4.69) is 56.1 Å². The first-order valence-electron chi connectivity index (χ1n) is 13.2. The molecule has 19 nitrogen and oxygen atoms in total. The zero-order valence-corrected chi connectivity index (χ0v) is 26.1. The maximum absolute atomic E-state index is 12.9. The van der Waals surface area contributed by atoms with Crippen LogP contribution in [0.1, 0.15) is 25.7 Å². The molecule has 0 aliphatic carbocycles. The zero-order chi connectivity index (χ0) is 30.9. The number of hydrogen-bond acceptors (Lipinski definition) is 17. The smallest absolute Gasteiger partial charge is 0.391 e. The minimum atomic E-state index is -3.69. The number of rotatable bonds is 11. The Morgan fingerprint density at radius 1 is 1.12 bits per heavy atom. The SMILES string of the molecule is NC1=C(N(C=NC2NC(=O)C3=C(N2)N([C@H]2CC[C@@H](CO[P+](O)(O)S)O2)CN3)[C@H]2CC[C@@H](CO[P+](=O)S)O2)NC(N)NC1=O. The van der Waals surface area contributed by atoms with E-state index in [1.807, 2.05) is 4.90 Å². The van der Waals surface area contributed by atoms with Gasteiger partial charge >= 0.3 is 14.4 Å². The summed E-state index contributed by atoms with van der Waals surface area (Å²) in [5, 5.41) is 14.4. The molecule has 43 heavy (non-hydrogen) atoms. The van der Waals surface area contributed by atoms with Gasteiger partial charge in [-0.2, -0.15) is 14.3 Å². The molecule has 5 heterocycles. The van der Waals surface area contributed by atoms with Crippen molar-refractivity contribution < 1.29 is 42.5 Å². The third kappa shape index (κ3) is 7.93. The molecule has 5 aliphatic heterocycles. The highest BCUT2D eigenvalue weighted by Gasteiger charge is 2.42. The summed E-state index contributed by atoms with van der Waals surface area (Å²) in [7, 11) is -5.79. The molecule has 2 amide bonds. The lowest BCUT2D eigenvalue weighted by Gasteiger charge is -2.35. The molecular formula is C20H34N10O9P2S2+2. The molecule has 0 aromatic heterocycles. The van der Waals surface area contributed by atoms with E-state index >= 15 is 0 Å². The summed E-state index contributed by atoms with van der Waals surface area (Å²) in [5.41, 5.74) is 12.2. The van der Waals surface area contributed by atoms with E-state index in [-0.39, 0.29) is 37.5 Å². The number of nitrogens with one attached hydrogen (secondary N) is 5. The maximum atomic E-state index is 12.9. The van der Waals surface area contributed by atoms with Crippen LogP contribution in [-0.4, -0.2) is 94.9 Å². The molecule has 0 aromatic carbocycles. The lowest BCUT2D eigenvalue weighted by atomic mass is 10.2. The number of carbonyl (C=O) groups is 2. The number of aliphatic imine (C=N–C) groups is 1. The Morgan fingerprint density at radius 3 is 2.60 bits per heavy atom. The molecule has 7 atom stereocenters. The first-order chi connectivity index (χ1) is 20.4. The van der Waals surface area contributed by atoms with Gasteiger partial charge in [-0.3, -0.25) is 20.2 Å². The number of nitrogens with two attached hydrogens (primary N) is 2. The molecular weight excluding hydrogens is 650 g/mol. The van der Waals surface area contributed by atoms with Crippen LogP contribution < -0.4 is 38.1 Å². The molecule has 0 radical (unpaired) electrons. The quantitative estimate of drug-likeness (QED) is 0.0472. The third-order valence-electron chi connectivity index (χ3n) is 7.03. The van der Waals surface area contributed by atoms with Crippen molar-refractivity contribution in [2.75, 3.05) is 19.9 Å². The van der Waals surface area contributed by atoms with Crippen LogP contribution in [0, 0.1) is 0 Å². The highest BCUT2D eigenvalue weighted by molar-refractivity contribution is 8.47. The van der Waals surface area contributed by atoms with Gasteiger partial charge in [0.2, 0.25) is 0 Å². The van der Waals surface area contributed by atoms with Crippen molar-refractivity contribution >= 4 is 57.0 Å². The van der Waals surface area contributed by atoms with Gasteiger partial charge in [0.05, 0.1) is 37.5 Å². The molecule has 5 rings (SSSR count). The van der Waals surface area contributed by atoms with Gasteiger partial charge < -0.3 is 46.7 Å². The topological polar surface area (TPSA) is 260 Å². The number of hydrogen-bond donors (Lipinski definition) is 11. The van der Waals surface area contributed by atoms with Crippen molar-refractivity contribution in [1.82, 2.24) is 36.4 Å². The van der Waals surface area contributed by atoms with Gasteiger partial charge in [-0.25, -0.2) is 4.99 Å². The van der Waals surface area contributed by atoms with E-state index in [1.165, 1.54) is 11.2 Å². The summed E-state index contributed by atoms with van der Waals surface area (Å²) >= 11 is 7.38. The molecule has 0 aromatic rings. The van der Waals surface area contributed by atoms with E-state index < -0.39 is 57.3 Å². The fraction of sp³-hybridized carbons (Fsp3) is 0.650. The molecule has 2 fully saturated rings. The van der Waals surface area contributed by atoms with Gasteiger partial charge in [0, 0.05) is 0 Å². The lowest BCUT2D eigenvalue weighted by molar-refractivity contribution is -0.120. The molecule has 3 unspecified atom stereocenters. The number of thiol groups is 2. The normalized spacial score (nSPS) is 31.5. The van der Waals surface area contributed by atoms with Gasteiger partial charge in [-0.05, 0) is 30.2 Å². The average Bonchev–Trinajstić information content (AvgIpc) is 3.68. The Morgan fingerprint density at radius 2 is 1.86 bits per heavy atom. The average molecular weight is 685 g/mol.